The lowest BCUT2D eigenvalue weighted by Crippen LogP contribution is -2.37. The third-order valence-corrected chi connectivity index (χ3v) is 2.73. The zero-order chi connectivity index (χ0) is 13.1. The van der Waals surface area contributed by atoms with E-state index in [4.69, 9.17) is 0 Å². The molecule has 0 saturated carbocycles. The number of aryl methyl sites for hydroxylation is 1. The number of hydrogen-bond donors (Lipinski definition) is 0. The highest BCUT2D eigenvalue weighted by Gasteiger charge is 2.03. The molecule has 0 saturated heterocycles. The number of aromatic nitrogens is 2. The number of benzene rings is 1. The van der Waals surface area contributed by atoms with E-state index in [9.17, 15) is 9.59 Å². The van der Waals surface area contributed by atoms with Gasteiger partial charge in [0.05, 0.1) is 5.56 Å². The van der Waals surface area contributed by atoms with E-state index in [1.54, 1.807) is 19.3 Å². The standard InChI is InChI=1S/C14H14N2O2/c1-15-10-12(13(17)16(2)14(15)18)9-8-11-6-4-3-5-7-11/h3-10H,1-2H3/b9-8+. The van der Waals surface area contributed by atoms with Crippen molar-refractivity contribution in [3.05, 3.63) is 68.5 Å². The van der Waals surface area contributed by atoms with Crippen LogP contribution in [0.5, 0.6) is 0 Å². The lowest BCUT2D eigenvalue weighted by atomic mass is 10.2. The van der Waals surface area contributed by atoms with Gasteiger partial charge in [0.1, 0.15) is 0 Å². The summed E-state index contributed by atoms with van der Waals surface area (Å²) in [6.07, 6.45) is 5.11. The average Bonchev–Trinajstić information content (AvgIpc) is 2.40. The molecule has 0 radical (unpaired) electrons. The Bertz CT molecular complexity index is 694. The quantitative estimate of drug-likeness (QED) is 0.795. The van der Waals surface area contributed by atoms with Gasteiger partial charge < -0.3 is 4.57 Å². The Morgan fingerprint density at radius 2 is 1.67 bits per heavy atom. The van der Waals surface area contributed by atoms with Crippen LogP contribution < -0.4 is 11.2 Å². The molecule has 4 nitrogen and oxygen atoms in total. The fraction of sp³-hybridized carbons (Fsp3) is 0.143. The topological polar surface area (TPSA) is 44.0 Å². The van der Waals surface area contributed by atoms with E-state index in [0.29, 0.717) is 5.56 Å². The highest BCUT2D eigenvalue weighted by Crippen LogP contribution is 2.03. The normalized spacial score (nSPS) is 11.0. The number of nitrogens with zero attached hydrogens (tertiary/aromatic N) is 2. The summed E-state index contributed by atoms with van der Waals surface area (Å²) in [7, 11) is 3.10. The maximum absolute atomic E-state index is 11.9. The van der Waals surface area contributed by atoms with Crippen molar-refractivity contribution in [3.63, 3.8) is 0 Å². The van der Waals surface area contributed by atoms with E-state index >= 15 is 0 Å². The van der Waals surface area contributed by atoms with Crippen molar-refractivity contribution in [2.24, 2.45) is 14.1 Å². The summed E-state index contributed by atoms with van der Waals surface area (Å²) >= 11 is 0. The van der Waals surface area contributed by atoms with Crippen LogP contribution in [0.4, 0.5) is 0 Å². The van der Waals surface area contributed by atoms with Crippen LogP contribution in [-0.4, -0.2) is 9.13 Å². The van der Waals surface area contributed by atoms with Crippen molar-refractivity contribution in [2.45, 2.75) is 0 Å². The molecule has 2 rings (SSSR count). The highest BCUT2D eigenvalue weighted by atomic mass is 16.2. The SMILES string of the molecule is Cn1cc(/C=C/c2ccccc2)c(=O)n(C)c1=O. The molecular formula is C14H14N2O2. The summed E-state index contributed by atoms with van der Waals surface area (Å²) in [6.45, 7) is 0. The first-order valence-corrected chi connectivity index (χ1v) is 5.59. The summed E-state index contributed by atoms with van der Waals surface area (Å²) in [4.78, 5) is 23.4. The van der Waals surface area contributed by atoms with Crippen LogP contribution in [0.1, 0.15) is 11.1 Å². The van der Waals surface area contributed by atoms with Crippen LogP contribution in [0, 0.1) is 0 Å². The number of rotatable bonds is 2. The summed E-state index contributed by atoms with van der Waals surface area (Å²) in [5.41, 5.74) is 0.888. The first kappa shape index (κ1) is 12.1. The summed E-state index contributed by atoms with van der Waals surface area (Å²) < 4.78 is 2.50. The summed E-state index contributed by atoms with van der Waals surface area (Å²) in [6, 6.07) is 9.69. The zero-order valence-corrected chi connectivity index (χ0v) is 10.3. The van der Waals surface area contributed by atoms with Crippen LogP contribution in [0.15, 0.2) is 46.1 Å². The molecule has 0 spiro atoms. The summed E-state index contributed by atoms with van der Waals surface area (Å²) in [5.74, 6) is 0. The van der Waals surface area contributed by atoms with Gasteiger partial charge in [-0.15, -0.1) is 0 Å². The highest BCUT2D eigenvalue weighted by molar-refractivity contribution is 5.68. The van der Waals surface area contributed by atoms with Gasteiger partial charge in [0.25, 0.3) is 5.56 Å². The van der Waals surface area contributed by atoms with Gasteiger partial charge in [0.2, 0.25) is 0 Å². The second-order valence-corrected chi connectivity index (χ2v) is 4.09. The summed E-state index contributed by atoms with van der Waals surface area (Å²) in [5, 5.41) is 0. The fourth-order valence-electron chi connectivity index (χ4n) is 1.70. The predicted octanol–water partition coefficient (Wildman–Crippen LogP) is 1.25. The van der Waals surface area contributed by atoms with Crippen LogP contribution in [0.25, 0.3) is 12.2 Å². The van der Waals surface area contributed by atoms with E-state index in [1.807, 2.05) is 36.4 Å². The van der Waals surface area contributed by atoms with Crippen molar-refractivity contribution in [3.8, 4) is 0 Å². The van der Waals surface area contributed by atoms with Gasteiger partial charge in [-0.3, -0.25) is 9.36 Å². The first-order valence-electron chi connectivity index (χ1n) is 5.59. The van der Waals surface area contributed by atoms with Crippen LogP contribution in [0.2, 0.25) is 0 Å². The molecule has 2 aromatic rings. The fourth-order valence-corrected chi connectivity index (χ4v) is 1.70. The first-order chi connectivity index (χ1) is 8.59. The second-order valence-electron chi connectivity index (χ2n) is 4.09. The molecule has 0 aliphatic carbocycles. The molecule has 0 fully saturated rings. The van der Waals surface area contributed by atoms with Crippen molar-refractivity contribution >= 4 is 12.2 Å². The predicted molar refractivity (Wildman–Crippen MR) is 72.3 cm³/mol. The molecule has 0 amide bonds. The molecule has 1 aromatic heterocycles. The molecule has 0 N–H and O–H groups in total. The van der Waals surface area contributed by atoms with Crippen molar-refractivity contribution in [1.82, 2.24) is 9.13 Å². The molecule has 0 bridgehead atoms. The molecule has 1 heterocycles. The Labute approximate surface area is 104 Å². The number of hydrogen-bond acceptors (Lipinski definition) is 2. The van der Waals surface area contributed by atoms with Crippen LogP contribution in [0.3, 0.4) is 0 Å². The Kier molecular flexibility index (Phi) is 3.28. The Balaban J connectivity index is 2.45. The minimum absolute atomic E-state index is 0.287. The van der Waals surface area contributed by atoms with E-state index in [-0.39, 0.29) is 11.2 Å². The molecule has 0 unspecified atom stereocenters. The Morgan fingerprint density at radius 1 is 1.00 bits per heavy atom. The van der Waals surface area contributed by atoms with Crippen molar-refractivity contribution in [1.29, 1.82) is 0 Å². The van der Waals surface area contributed by atoms with Gasteiger partial charge in [-0.1, -0.05) is 36.4 Å². The largest absolute Gasteiger partial charge is 0.330 e. The molecule has 0 aliphatic heterocycles. The van der Waals surface area contributed by atoms with Gasteiger partial charge in [-0.2, -0.15) is 0 Å². The van der Waals surface area contributed by atoms with Gasteiger partial charge >= 0.3 is 5.69 Å². The second kappa shape index (κ2) is 4.87. The van der Waals surface area contributed by atoms with E-state index in [2.05, 4.69) is 0 Å². The van der Waals surface area contributed by atoms with Crippen LogP contribution >= 0.6 is 0 Å². The minimum atomic E-state index is -0.322. The average molecular weight is 242 g/mol. The third-order valence-electron chi connectivity index (χ3n) is 2.73. The molecular weight excluding hydrogens is 228 g/mol. The van der Waals surface area contributed by atoms with Crippen LogP contribution in [-0.2, 0) is 14.1 Å². The molecule has 92 valence electrons. The molecule has 0 aliphatic rings. The van der Waals surface area contributed by atoms with Crippen molar-refractivity contribution in [2.75, 3.05) is 0 Å². The smallest absolute Gasteiger partial charge is 0.303 e. The minimum Gasteiger partial charge on any atom is -0.303 e. The maximum Gasteiger partial charge on any atom is 0.330 e. The monoisotopic (exact) mass is 242 g/mol. The van der Waals surface area contributed by atoms with Gasteiger partial charge in [-0.05, 0) is 11.6 Å². The lowest BCUT2D eigenvalue weighted by molar-refractivity contribution is 0.683. The Hall–Kier alpha value is -2.36. The maximum atomic E-state index is 11.9. The molecule has 0 atom stereocenters. The molecule has 4 heteroatoms. The Morgan fingerprint density at radius 3 is 2.33 bits per heavy atom. The van der Waals surface area contributed by atoms with Crippen molar-refractivity contribution < 1.29 is 0 Å². The third kappa shape index (κ3) is 2.32. The van der Waals surface area contributed by atoms with Gasteiger partial charge in [0.15, 0.2) is 0 Å². The van der Waals surface area contributed by atoms with E-state index in [0.717, 1.165) is 10.1 Å². The van der Waals surface area contributed by atoms with Gasteiger partial charge in [-0.25, -0.2) is 4.79 Å². The molecule has 1 aromatic carbocycles. The van der Waals surface area contributed by atoms with Gasteiger partial charge in [0, 0.05) is 20.3 Å². The molecule has 18 heavy (non-hydrogen) atoms. The lowest BCUT2D eigenvalue weighted by Gasteiger charge is -2.03. The zero-order valence-electron chi connectivity index (χ0n) is 10.3. The van der Waals surface area contributed by atoms with E-state index < -0.39 is 0 Å². The van der Waals surface area contributed by atoms with E-state index in [1.165, 1.54) is 11.6 Å².